The van der Waals surface area contributed by atoms with E-state index in [9.17, 15) is 4.79 Å². The van der Waals surface area contributed by atoms with Crippen LogP contribution in [0.1, 0.15) is 12.0 Å². The molecule has 110 valence electrons. The summed E-state index contributed by atoms with van der Waals surface area (Å²) >= 11 is 6.86. The number of benzene rings is 2. The summed E-state index contributed by atoms with van der Waals surface area (Å²) in [6.07, 6.45) is 1.11. The Morgan fingerprint density at radius 2 is 1.90 bits per heavy atom. The molecule has 0 bridgehead atoms. The Bertz CT molecular complexity index is 644. The third-order valence-corrected chi connectivity index (χ3v) is 4.32. The summed E-state index contributed by atoms with van der Waals surface area (Å²) in [7, 11) is 1.63. The minimum Gasteiger partial charge on any atom is -0.496 e. The number of hydrogen-bond donors (Lipinski definition) is 1. The van der Waals surface area contributed by atoms with Gasteiger partial charge in [-0.25, -0.2) is 0 Å². The fraction of sp³-hybridized carbons (Fsp3) is 0.188. The second kappa shape index (κ2) is 7.61. The van der Waals surface area contributed by atoms with Crippen LogP contribution in [0.15, 0.2) is 51.4 Å². The molecule has 3 nitrogen and oxygen atoms in total. The minimum atomic E-state index is -0.00570. The van der Waals surface area contributed by atoms with E-state index in [-0.39, 0.29) is 5.91 Å². The number of hydrogen-bond acceptors (Lipinski definition) is 2. The fourth-order valence-electron chi connectivity index (χ4n) is 1.90. The Labute approximate surface area is 141 Å². The van der Waals surface area contributed by atoms with Crippen LogP contribution < -0.4 is 10.1 Å². The van der Waals surface area contributed by atoms with Gasteiger partial charge in [-0.15, -0.1) is 0 Å². The van der Waals surface area contributed by atoms with Gasteiger partial charge in [-0.1, -0.05) is 18.2 Å². The van der Waals surface area contributed by atoms with Gasteiger partial charge in [-0.05, 0) is 68.1 Å². The van der Waals surface area contributed by atoms with E-state index in [0.717, 1.165) is 25.9 Å². The molecular formula is C16H15Br2NO2. The molecule has 0 spiro atoms. The summed E-state index contributed by atoms with van der Waals surface area (Å²) in [5.74, 6) is 0.783. The van der Waals surface area contributed by atoms with Gasteiger partial charge in [0.25, 0.3) is 0 Å². The van der Waals surface area contributed by atoms with Gasteiger partial charge in [0.05, 0.1) is 17.3 Å². The summed E-state index contributed by atoms with van der Waals surface area (Å²) in [4.78, 5) is 12.0. The molecule has 21 heavy (non-hydrogen) atoms. The molecule has 2 aromatic rings. The van der Waals surface area contributed by atoms with Crippen molar-refractivity contribution < 1.29 is 9.53 Å². The molecule has 0 radical (unpaired) electrons. The highest BCUT2D eigenvalue weighted by atomic mass is 79.9. The number of carbonyl (C=O) groups excluding carboxylic acids is 1. The van der Waals surface area contributed by atoms with E-state index in [1.54, 1.807) is 7.11 Å². The van der Waals surface area contributed by atoms with Gasteiger partial charge in [0.2, 0.25) is 5.91 Å². The van der Waals surface area contributed by atoms with E-state index in [1.165, 1.54) is 0 Å². The second-order valence-electron chi connectivity index (χ2n) is 4.50. The van der Waals surface area contributed by atoms with Gasteiger partial charge in [0.15, 0.2) is 0 Å². The van der Waals surface area contributed by atoms with Crippen LogP contribution in [0.3, 0.4) is 0 Å². The first-order chi connectivity index (χ1) is 10.1. The summed E-state index contributed by atoms with van der Waals surface area (Å²) in [6.45, 7) is 0. The van der Waals surface area contributed by atoms with Crippen LogP contribution in [0, 0.1) is 0 Å². The number of amides is 1. The monoisotopic (exact) mass is 411 g/mol. The van der Waals surface area contributed by atoms with Crippen LogP contribution >= 0.6 is 31.9 Å². The van der Waals surface area contributed by atoms with Gasteiger partial charge < -0.3 is 10.1 Å². The van der Waals surface area contributed by atoms with Crippen LogP contribution in [0.4, 0.5) is 5.69 Å². The number of methoxy groups -OCH3 is 1. The molecule has 0 unspecified atom stereocenters. The molecule has 0 aliphatic heterocycles. The topological polar surface area (TPSA) is 38.3 Å². The van der Waals surface area contributed by atoms with Gasteiger partial charge in [-0.2, -0.15) is 0 Å². The molecule has 2 rings (SSSR count). The third kappa shape index (κ3) is 4.58. The molecule has 1 N–H and O–H groups in total. The molecule has 2 aromatic carbocycles. The summed E-state index contributed by atoms with van der Waals surface area (Å²) in [6, 6.07) is 13.4. The average Bonchev–Trinajstić information content (AvgIpc) is 2.48. The van der Waals surface area contributed by atoms with Crippen LogP contribution in [-0.4, -0.2) is 13.0 Å². The van der Waals surface area contributed by atoms with E-state index in [1.807, 2.05) is 42.5 Å². The Hall–Kier alpha value is -1.33. The molecule has 5 heteroatoms. The van der Waals surface area contributed by atoms with Crippen molar-refractivity contribution in [1.82, 2.24) is 0 Å². The number of ether oxygens (including phenoxy) is 1. The summed E-state index contributed by atoms with van der Waals surface area (Å²) in [5, 5.41) is 2.90. The average molecular weight is 413 g/mol. The predicted octanol–water partition coefficient (Wildman–Crippen LogP) is 4.79. The van der Waals surface area contributed by atoms with Crippen molar-refractivity contribution >= 4 is 43.5 Å². The molecule has 0 saturated carbocycles. The summed E-state index contributed by atoms with van der Waals surface area (Å²) in [5.41, 5.74) is 1.88. The highest BCUT2D eigenvalue weighted by Gasteiger charge is 2.07. The molecule has 0 fully saturated rings. The van der Waals surface area contributed by atoms with Gasteiger partial charge in [0, 0.05) is 10.9 Å². The zero-order valence-electron chi connectivity index (χ0n) is 11.5. The maximum atomic E-state index is 12.0. The van der Waals surface area contributed by atoms with Crippen molar-refractivity contribution in [3.05, 3.63) is 57.0 Å². The lowest BCUT2D eigenvalue weighted by Gasteiger charge is -2.08. The number of nitrogens with one attached hydrogen (secondary N) is 1. The lowest BCUT2D eigenvalue weighted by atomic mass is 10.1. The SMILES string of the molecule is COc1ccc(CCC(=O)Nc2ccccc2Br)cc1Br. The Balaban J connectivity index is 1.92. The zero-order chi connectivity index (χ0) is 15.2. The van der Waals surface area contributed by atoms with Crippen molar-refractivity contribution in [3.63, 3.8) is 0 Å². The van der Waals surface area contributed by atoms with Crippen LogP contribution in [-0.2, 0) is 11.2 Å². The molecule has 0 heterocycles. The molecule has 0 atom stereocenters. The zero-order valence-corrected chi connectivity index (χ0v) is 14.7. The first kappa shape index (κ1) is 16.0. The lowest BCUT2D eigenvalue weighted by molar-refractivity contribution is -0.116. The van der Waals surface area contributed by atoms with E-state index in [0.29, 0.717) is 12.8 Å². The Morgan fingerprint density at radius 1 is 1.14 bits per heavy atom. The quantitative estimate of drug-likeness (QED) is 0.766. The van der Waals surface area contributed by atoms with Gasteiger partial charge in [0.1, 0.15) is 5.75 Å². The van der Waals surface area contributed by atoms with Crippen LogP contribution in [0.25, 0.3) is 0 Å². The number of aryl methyl sites for hydroxylation is 1. The number of carbonyl (C=O) groups is 1. The second-order valence-corrected chi connectivity index (χ2v) is 6.21. The van der Waals surface area contributed by atoms with Crippen molar-refractivity contribution in [1.29, 1.82) is 0 Å². The largest absolute Gasteiger partial charge is 0.496 e. The lowest BCUT2D eigenvalue weighted by Crippen LogP contribution is -2.12. The van der Waals surface area contributed by atoms with E-state index >= 15 is 0 Å². The third-order valence-electron chi connectivity index (χ3n) is 3.00. The molecular weight excluding hydrogens is 398 g/mol. The number of para-hydroxylation sites is 1. The van der Waals surface area contributed by atoms with E-state index in [2.05, 4.69) is 37.2 Å². The molecule has 0 saturated heterocycles. The maximum absolute atomic E-state index is 12.0. The van der Waals surface area contributed by atoms with Crippen molar-refractivity contribution in [2.45, 2.75) is 12.8 Å². The number of halogens is 2. The van der Waals surface area contributed by atoms with Crippen LogP contribution in [0.5, 0.6) is 5.75 Å². The normalized spacial score (nSPS) is 10.2. The predicted molar refractivity (Wildman–Crippen MR) is 91.8 cm³/mol. The van der Waals surface area contributed by atoms with E-state index in [4.69, 9.17) is 4.74 Å². The van der Waals surface area contributed by atoms with Gasteiger partial charge >= 0.3 is 0 Å². The standard InChI is InChI=1S/C16H15Br2NO2/c1-21-15-8-6-11(10-13(15)18)7-9-16(20)19-14-5-3-2-4-12(14)17/h2-6,8,10H,7,9H2,1H3,(H,19,20). The maximum Gasteiger partial charge on any atom is 0.224 e. The molecule has 0 aromatic heterocycles. The Kier molecular flexibility index (Phi) is 5.82. The minimum absolute atomic E-state index is 0.00570. The first-order valence-corrected chi connectivity index (χ1v) is 8.05. The highest BCUT2D eigenvalue weighted by molar-refractivity contribution is 9.11. The first-order valence-electron chi connectivity index (χ1n) is 6.47. The smallest absolute Gasteiger partial charge is 0.224 e. The van der Waals surface area contributed by atoms with Crippen LogP contribution in [0.2, 0.25) is 0 Å². The van der Waals surface area contributed by atoms with Crippen molar-refractivity contribution in [3.8, 4) is 5.75 Å². The summed E-state index contributed by atoms with van der Waals surface area (Å²) < 4.78 is 6.96. The van der Waals surface area contributed by atoms with Crippen molar-refractivity contribution in [2.24, 2.45) is 0 Å². The number of rotatable bonds is 5. The Morgan fingerprint density at radius 3 is 2.57 bits per heavy atom. The van der Waals surface area contributed by atoms with Gasteiger partial charge in [-0.3, -0.25) is 4.79 Å². The molecule has 0 aliphatic carbocycles. The van der Waals surface area contributed by atoms with E-state index < -0.39 is 0 Å². The highest BCUT2D eigenvalue weighted by Crippen LogP contribution is 2.26. The molecule has 1 amide bonds. The van der Waals surface area contributed by atoms with Crippen molar-refractivity contribution in [2.75, 3.05) is 12.4 Å². The molecule has 0 aliphatic rings. The fourth-order valence-corrected chi connectivity index (χ4v) is 2.87. The number of anilines is 1.